The van der Waals surface area contributed by atoms with Crippen LogP contribution in [0.5, 0.6) is 11.5 Å². The third-order valence-corrected chi connectivity index (χ3v) is 5.75. The molecule has 2 aromatic carbocycles. The third kappa shape index (κ3) is 4.60. The van der Waals surface area contributed by atoms with Crippen LogP contribution in [0, 0.1) is 0 Å². The number of thiocarbonyl (C=S) groups is 1. The number of hydrogen-bond acceptors (Lipinski definition) is 6. The van der Waals surface area contributed by atoms with Gasteiger partial charge in [0.1, 0.15) is 21.9 Å². The molecule has 2 aromatic rings. The first-order valence-electron chi connectivity index (χ1n) is 8.70. The monoisotopic (exact) mass is 429 g/mol. The molecule has 8 heteroatoms. The number of methoxy groups -OCH3 is 2. The molecule has 1 fully saturated rings. The van der Waals surface area contributed by atoms with Crippen LogP contribution in [0.4, 0.5) is 0 Å². The van der Waals surface area contributed by atoms with E-state index in [0.717, 1.165) is 17.3 Å². The molecule has 1 aliphatic rings. The van der Waals surface area contributed by atoms with Gasteiger partial charge >= 0.3 is 5.97 Å². The number of ether oxygens (including phenoxy) is 2. The molecular formula is C21H19NO5S2. The zero-order chi connectivity index (χ0) is 21.0. The van der Waals surface area contributed by atoms with E-state index in [1.165, 1.54) is 12.0 Å². The lowest BCUT2D eigenvalue weighted by Crippen LogP contribution is -2.45. The van der Waals surface area contributed by atoms with Crippen molar-refractivity contribution >= 4 is 46.3 Å². The number of rotatable bonds is 7. The smallest absolute Gasteiger partial charge is 0.327 e. The Bertz CT molecular complexity index is 974. The summed E-state index contributed by atoms with van der Waals surface area (Å²) >= 11 is 6.42. The lowest BCUT2D eigenvalue weighted by Gasteiger charge is -2.23. The first-order valence-corrected chi connectivity index (χ1v) is 9.93. The highest BCUT2D eigenvalue weighted by Crippen LogP contribution is 2.36. The minimum absolute atomic E-state index is 0.165. The molecule has 0 spiro atoms. The van der Waals surface area contributed by atoms with Crippen LogP contribution in [0.1, 0.15) is 11.1 Å². The number of nitrogens with zero attached hydrogens (tertiary/aromatic N) is 1. The Labute approximate surface area is 178 Å². The van der Waals surface area contributed by atoms with Crippen LogP contribution < -0.4 is 9.47 Å². The highest BCUT2D eigenvalue weighted by molar-refractivity contribution is 8.26. The molecule has 29 heavy (non-hydrogen) atoms. The largest absolute Gasteiger partial charge is 0.497 e. The van der Waals surface area contributed by atoms with Gasteiger partial charge in [-0.05, 0) is 29.8 Å². The molecule has 1 heterocycles. The maximum Gasteiger partial charge on any atom is 0.327 e. The van der Waals surface area contributed by atoms with Crippen LogP contribution in [-0.4, -0.2) is 46.5 Å². The normalized spacial score (nSPS) is 16.2. The standard InChI is InChI=1S/C21H19NO5S2/c1-26-15-8-9-17(27-2)14(11-15)12-18-19(23)22(21(28)29-18)16(20(24)25)10-13-6-4-3-5-7-13/h3-9,11-12,16H,10H2,1-2H3,(H,24,25)/b18-12-/t16-/m1/s1. The lowest BCUT2D eigenvalue weighted by atomic mass is 10.0. The van der Waals surface area contributed by atoms with E-state index in [1.54, 1.807) is 31.4 Å². The van der Waals surface area contributed by atoms with Crippen molar-refractivity contribution < 1.29 is 24.2 Å². The summed E-state index contributed by atoms with van der Waals surface area (Å²) in [5.41, 5.74) is 1.45. The lowest BCUT2D eigenvalue weighted by molar-refractivity contribution is -0.145. The number of carboxylic acid groups (broad SMARTS) is 1. The molecule has 0 aromatic heterocycles. The van der Waals surface area contributed by atoms with Gasteiger partial charge in [0.15, 0.2) is 0 Å². The topological polar surface area (TPSA) is 76.1 Å². The van der Waals surface area contributed by atoms with Gasteiger partial charge in [-0.3, -0.25) is 9.69 Å². The number of hydrogen-bond donors (Lipinski definition) is 1. The summed E-state index contributed by atoms with van der Waals surface area (Å²) in [5, 5.41) is 9.74. The third-order valence-electron chi connectivity index (χ3n) is 4.42. The average molecular weight is 430 g/mol. The van der Waals surface area contributed by atoms with E-state index < -0.39 is 17.9 Å². The van der Waals surface area contributed by atoms with Crippen molar-refractivity contribution in [2.45, 2.75) is 12.5 Å². The molecule has 6 nitrogen and oxygen atoms in total. The summed E-state index contributed by atoms with van der Waals surface area (Å²) in [6, 6.07) is 13.3. The van der Waals surface area contributed by atoms with E-state index in [1.807, 2.05) is 30.3 Å². The highest BCUT2D eigenvalue weighted by atomic mass is 32.2. The average Bonchev–Trinajstić information content (AvgIpc) is 2.99. The second-order valence-corrected chi connectivity index (χ2v) is 7.88. The number of carbonyl (C=O) groups is 2. The molecule has 150 valence electrons. The second kappa shape index (κ2) is 9.11. The summed E-state index contributed by atoms with van der Waals surface area (Å²) in [5.74, 6) is -0.367. The molecule has 0 aliphatic carbocycles. The van der Waals surface area contributed by atoms with Gasteiger partial charge in [-0.15, -0.1) is 0 Å². The van der Waals surface area contributed by atoms with Crippen LogP contribution in [-0.2, 0) is 16.0 Å². The molecule has 0 unspecified atom stereocenters. The van der Waals surface area contributed by atoms with Crippen molar-refractivity contribution in [2.24, 2.45) is 0 Å². The maximum absolute atomic E-state index is 13.0. The van der Waals surface area contributed by atoms with E-state index in [9.17, 15) is 14.7 Å². The van der Waals surface area contributed by atoms with Crippen molar-refractivity contribution in [3.63, 3.8) is 0 Å². The number of carboxylic acids is 1. The molecule has 0 saturated carbocycles. The number of carbonyl (C=O) groups excluding carboxylic acids is 1. The molecule has 1 atom stereocenters. The fourth-order valence-electron chi connectivity index (χ4n) is 2.97. The molecule has 1 amide bonds. The van der Waals surface area contributed by atoms with Crippen molar-refractivity contribution in [2.75, 3.05) is 14.2 Å². The summed E-state index contributed by atoms with van der Waals surface area (Å²) in [6.07, 6.45) is 1.81. The first kappa shape index (κ1) is 20.9. The predicted molar refractivity (Wildman–Crippen MR) is 116 cm³/mol. The van der Waals surface area contributed by atoms with Crippen LogP contribution >= 0.6 is 24.0 Å². The van der Waals surface area contributed by atoms with E-state index >= 15 is 0 Å². The summed E-state index contributed by atoms with van der Waals surface area (Å²) < 4.78 is 10.8. The van der Waals surface area contributed by atoms with E-state index in [2.05, 4.69) is 0 Å². The van der Waals surface area contributed by atoms with Gasteiger partial charge in [-0.2, -0.15) is 0 Å². The Balaban J connectivity index is 1.92. The Morgan fingerprint density at radius 2 is 1.93 bits per heavy atom. The minimum Gasteiger partial charge on any atom is -0.497 e. The van der Waals surface area contributed by atoms with E-state index in [4.69, 9.17) is 21.7 Å². The van der Waals surface area contributed by atoms with Crippen molar-refractivity contribution in [3.8, 4) is 11.5 Å². The molecule has 1 N–H and O–H groups in total. The van der Waals surface area contributed by atoms with Gasteiger partial charge in [0, 0.05) is 12.0 Å². The Hall–Kier alpha value is -2.84. The fourth-order valence-corrected chi connectivity index (χ4v) is 4.32. The van der Waals surface area contributed by atoms with Gasteiger partial charge in [-0.1, -0.05) is 54.3 Å². The molecule has 1 aliphatic heterocycles. The number of thioether (sulfide) groups is 1. The molecule has 1 saturated heterocycles. The van der Waals surface area contributed by atoms with E-state index in [0.29, 0.717) is 22.0 Å². The summed E-state index contributed by atoms with van der Waals surface area (Å²) in [6.45, 7) is 0. The van der Waals surface area contributed by atoms with Crippen LogP contribution in [0.2, 0.25) is 0 Å². The predicted octanol–water partition coefficient (Wildman–Crippen LogP) is 3.60. The second-order valence-electron chi connectivity index (χ2n) is 6.20. The molecule has 3 rings (SSSR count). The van der Waals surface area contributed by atoms with Gasteiger partial charge in [0.05, 0.1) is 19.1 Å². The van der Waals surface area contributed by atoms with Gasteiger partial charge in [0.25, 0.3) is 5.91 Å². The highest BCUT2D eigenvalue weighted by Gasteiger charge is 2.40. The molecular weight excluding hydrogens is 410 g/mol. The van der Waals surface area contributed by atoms with Gasteiger partial charge in [0.2, 0.25) is 0 Å². The summed E-state index contributed by atoms with van der Waals surface area (Å²) in [7, 11) is 3.08. The number of benzene rings is 2. The SMILES string of the molecule is COc1ccc(OC)c(/C=C2\SC(=S)N([C@H](Cc3ccccc3)C(=O)O)C2=O)c1. The van der Waals surface area contributed by atoms with Crippen molar-refractivity contribution in [3.05, 3.63) is 64.6 Å². The zero-order valence-corrected chi connectivity index (χ0v) is 17.5. The Kier molecular flexibility index (Phi) is 6.56. The van der Waals surface area contributed by atoms with Crippen LogP contribution in [0.3, 0.4) is 0 Å². The van der Waals surface area contributed by atoms with E-state index in [-0.39, 0.29) is 10.7 Å². The Morgan fingerprint density at radius 1 is 1.21 bits per heavy atom. The van der Waals surface area contributed by atoms with Crippen molar-refractivity contribution in [1.29, 1.82) is 0 Å². The zero-order valence-electron chi connectivity index (χ0n) is 15.8. The number of amides is 1. The quantitative estimate of drug-likeness (QED) is 0.532. The molecule has 0 bridgehead atoms. The molecule has 0 radical (unpaired) electrons. The maximum atomic E-state index is 13.0. The van der Waals surface area contributed by atoms with Crippen molar-refractivity contribution in [1.82, 2.24) is 4.90 Å². The fraction of sp³-hybridized carbons (Fsp3) is 0.190. The van der Waals surface area contributed by atoms with Crippen LogP contribution in [0.25, 0.3) is 6.08 Å². The van der Waals surface area contributed by atoms with Gasteiger partial charge < -0.3 is 14.6 Å². The van der Waals surface area contributed by atoms with Gasteiger partial charge in [-0.25, -0.2) is 4.79 Å². The minimum atomic E-state index is -1.11. The summed E-state index contributed by atoms with van der Waals surface area (Å²) in [4.78, 5) is 26.4. The van der Waals surface area contributed by atoms with Crippen LogP contribution in [0.15, 0.2) is 53.4 Å². The number of aliphatic carboxylic acids is 1. The first-order chi connectivity index (χ1) is 13.9. The Morgan fingerprint density at radius 3 is 2.55 bits per heavy atom.